The minimum absolute atomic E-state index is 0.0265. The molecule has 6 heteroatoms. The highest BCUT2D eigenvalue weighted by atomic mass is 16.3. The molecule has 1 aliphatic rings. The van der Waals surface area contributed by atoms with E-state index in [1.54, 1.807) is 6.07 Å². The van der Waals surface area contributed by atoms with Crippen LogP contribution in [0.1, 0.15) is 62.5 Å². The average Bonchev–Trinajstić information content (AvgIpc) is 3.31. The molecule has 62 heavy (non-hydrogen) atoms. The molecule has 2 unspecified atom stereocenters. The molecule has 0 aliphatic heterocycles. The van der Waals surface area contributed by atoms with Gasteiger partial charge in [0.25, 0.3) is 0 Å². The largest absolute Gasteiger partial charge is 0.508 e. The second-order valence-electron chi connectivity index (χ2n) is 16.6. The number of rotatable bonds is 14. The lowest BCUT2D eigenvalue weighted by molar-refractivity contribution is -0.0792. The van der Waals surface area contributed by atoms with Crippen molar-refractivity contribution >= 4 is 44.3 Å². The van der Waals surface area contributed by atoms with Crippen LogP contribution in [0.3, 0.4) is 0 Å². The number of phenols is 2. The Kier molecular flexibility index (Phi) is 11.7. The third kappa shape index (κ3) is 7.55. The van der Waals surface area contributed by atoms with E-state index in [1.165, 1.54) is 0 Å². The zero-order valence-electron chi connectivity index (χ0n) is 35.4. The van der Waals surface area contributed by atoms with E-state index in [1.807, 2.05) is 91.0 Å². The van der Waals surface area contributed by atoms with E-state index in [9.17, 15) is 20.4 Å². The summed E-state index contributed by atoms with van der Waals surface area (Å²) < 4.78 is 0. The fourth-order valence-corrected chi connectivity index (χ4v) is 9.60. The molecule has 8 aromatic rings. The molecule has 0 spiro atoms. The molecule has 0 amide bonds. The summed E-state index contributed by atoms with van der Waals surface area (Å²) >= 11 is 0. The predicted octanol–water partition coefficient (Wildman–Crippen LogP) is 13.2. The van der Waals surface area contributed by atoms with Gasteiger partial charge in [0, 0.05) is 76.1 Å². The van der Waals surface area contributed by atoms with Crippen molar-refractivity contribution < 1.29 is 20.4 Å². The van der Waals surface area contributed by atoms with Crippen LogP contribution in [0.25, 0.3) is 43.8 Å². The van der Waals surface area contributed by atoms with E-state index in [4.69, 9.17) is 0 Å². The number of hydrogen-bond donors (Lipinski definition) is 4. The van der Waals surface area contributed by atoms with Crippen LogP contribution in [0.15, 0.2) is 170 Å². The fraction of sp³-hybridized carbons (Fsp3) is 0.214. The third-order valence-corrected chi connectivity index (χ3v) is 12.8. The maximum atomic E-state index is 12.1. The van der Waals surface area contributed by atoms with E-state index < -0.39 is 24.0 Å². The van der Waals surface area contributed by atoms with Gasteiger partial charge in [-0.25, -0.2) is 0 Å². The van der Waals surface area contributed by atoms with Crippen molar-refractivity contribution in [3.05, 3.63) is 181 Å². The summed E-state index contributed by atoms with van der Waals surface area (Å²) in [7, 11) is 0. The third-order valence-electron chi connectivity index (χ3n) is 12.8. The minimum atomic E-state index is -1.07. The summed E-state index contributed by atoms with van der Waals surface area (Å²) in [5.41, 5.74) is 8.71. The first-order chi connectivity index (χ1) is 30.4. The Morgan fingerprint density at radius 2 is 0.968 bits per heavy atom. The molecule has 4 N–H and O–H groups in total. The number of para-hydroxylation sites is 2. The lowest BCUT2D eigenvalue weighted by Crippen LogP contribution is -2.51. The molecule has 1 fully saturated rings. The van der Waals surface area contributed by atoms with Gasteiger partial charge in [-0.3, -0.25) is 0 Å². The van der Waals surface area contributed by atoms with E-state index in [2.05, 4.69) is 96.4 Å². The van der Waals surface area contributed by atoms with Crippen LogP contribution in [0, 0.1) is 0 Å². The molecule has 0 heterocycles. The van der Waals surface area contributed by atoms with Gasteiger partial charge in [0.05, 0.1) is 23.6 Å². The number of aliphatic hydroxyl groups excluding tert-OH is 2. The number of unbranched alkanes of at least 4 members (excludes halogenated alkanes) is 2. The Labute approximate surface area is 364 Å². The number of aromatic hydroxyl groups is 2. The van der Waals surface area contributed by atoms with Crippen molar-refractivity contribution in [1.82, 2.24) is 0 Å². The van der Waals surface area contributed by atoms with Crippen molar-refractivity contribution in [1.29, 1.82) is 0 Å². The first kappa shape index (κ1) is 40.8. The lowest BCUT2D eigenvalue weighted by Gasteiger charge is -2.47. The quantitative estimate of drug-likeness (QED) is 0.0818. The molecular weight excluding hydrogens is 765 g/mol. The van der Waals surface area contributed by atoms with Crippen molar-refractivity contribution in [3.8, 4) is 33.8 Å². The number of anilines is 4. The summed E-state index contributed by atoms with van der Waals surface area (Å²) in [5, 5.41) is 52.2. The van der Waals surface area contributed by atoms with Gasteiger partial charge in [-0.05, 0) is 70.5 Å². The first-order valence-electron chi connectivity index (χ1n) is 22.1. The zero-order valence-corrected chi connectivity index (χ0v) is 35.4. The number of benzene rings is 8. The molecule has 2 atom stereocenters. The smallest absolute Gasteiger partial charge is 0.121 e. The first-order valence-corrected chi connectivity index (χ1v) is 22.1. The van der Waals surface area contributed by atoms with E-state index in [-0.39, 0.29) is 11.5 Å². The summed E-state index contributed by atoms with van der Waals surface area (Å²) in [6.07, 6.45) is 2.04. The van der Waals surface area contributed by atoms with Gasteiger partial charge < -0.3 is 30.2 Å². The topological polar surface area (TPSA) is 87.4 Å². The van der Waals surface area contributed by atoms with Gasteiger partial charge in [0.2, 0.25) is 0 Å². The van der Waals surface area contributed by atoms with Crippen molar-refractivity contribution in [2.24, 2.45) is 0 Å². The molecule has 0 bridgehead atoms. The standard InChI is InChI=1S/C56H54N2O4/c1-3-5-31-57(32-6-4-2)49-36-51(60)52(46-34-40-24-14-13-23-39(40)33-45(46)49)54-55(61)53(56(54)62)44-30-29-41(35-50(44)59)58(47-27-17-15-25-42(47)37-19-9-7-10-20-37)48-28-18-16-26-43(48)38-21-11-8-12-22-38/h7-30,33-36,53-56,59-62H,3-6,31-32H2,1-2H3. The van der Waals surface area contributed by atoms with Crippen LogP contribution in [0.4, 0.5) is 22.7 Å². The number of hydrogen-bond acceptors (Lipinski definition) is 6. The average molecular weight is 819 g/mol. The Bertz CT molecular complexity index is 2720. The Hall–Kier alpha value is -6.60. The van der Waals surface area contributed by atoms with Gasteiger partial charge in [-0.15, -0.1) is 0 Å². The zero-order chi connectivity index (χ0) is 42.7. The highest BCUT2D eigenvalue weighted by Gasteiger charge is 2.52. The SMILES string of the molecule is CCCCN(CCCC)c1cc(O)c(C2C(O)C(c3ccc(N(c4ccccc4-c4ccccc4)c4ccccc4-c4ccccc4)cc3O)C2O)c2cc3ccccc3cc12. The van der Waals surface area contributed by atoms with E-state index in [0.717, 1.165) is 105 Å². The molecule has 0 radical (unpaired) electrons. The molecule has 8 aromatic carbocycles. The van der Waals surface area contributed by atoms with Gasteiger partial charge in [0.1, 0.15) is 11.5 Å². The molecule has 1 aliphatic carbocycles. The van der Waals surface area contributed by atoms with E-state index in [0.29, 0.717) is 11.1 Å². The normalized spacial score (nSPS) is 17.2. The maximum Gasteiger partial charge on any atom is 0.121 e. The van der Waals surface area contributed by atoms with Crippen LogP contribution < -0.4 is 9.80 Å². The highest BCUT2D eigenvalue weighted by Crippen LogP contribution is 2.55. The number of aliphatic hydroxyl groups is 2. The Morgan fingerprint density at radius 3 is 1.50 bits per heavy atom. The molecular formula is C56H54N2O4. The van der Waals surface area contributed by atoms with Crippen LogP contribution in [0.5, 0.6) is 11.5 Å². The van der Waals surface area contributed by atoms with Crippen LogP contribution >= 0.6 is 0 Å². The lowest BCUT2D eigenvalue weighted by atomic mass is 9.62. The molecule has 312 valence electrons. The fourth-order valence-electron chi connectivity index (χ4n) is 9.60. The van der Waals surface area contributed by atoms with Crippen molar-refractivity contribution in [2.45, 2.75) is 63.6 Å². The van der Waals surface area contributed by atoms with Crippen LogP contribution in [-0.4, -0.2) is 45.7 Å². The summed E-state index contributed by atoms with van der Waals surface area (Å²) in [4.78, 5) is 4.55. The van der Waals surface area contributed by atoms with Gasteiger partial charge in [0.15, 0.2) is 0 Å². The van der Waals surface area contributed by atoms with Crippen LogP contribution in [0.2, 0.25) is 0 Å². The summed E-state index contributed by atoms with van der Waals surface area (Å²) in [5.74, 6) is -1.52. The number of phenolic OH excluding ortho intramolecular Hbond substituents is 2. The Morgan fingerprint density at radius 1 is 0.468 bits per heavy atom. The second kappa shape index (κ2) is 17.8. The minimum Gasteiger partial charge on any atom is -0.508 e. The predicted molar refractivity (Wildman–Crippen MR) is 256 cm³/mol. The van der Waals surface area contributed by atoms with Gasteiger partial charge in [-0.1, -0.05) is 154 Å². The molecule has 0 saturated heterocycles. The monoisotopic (exact) mass is 818 g/mol. The van der Waals surface area contributed by atoms with Crippen molar-refractivity contribution in [2.75, 3.05) is 22.9 Å². The highest BCUT2D eigenvalue weighted by molar-refractivity contribution is 6.07. The van der Waals surface area contributed by atoms with Crippen molar-refractivity contribution in [3.63, 3.8) is 0 Å². The number of nitrogens with zero attached hydrogens (tertiary/aromatic N) is 2. The second-order valence-corrected chi connectivity index (χ2v) is 16.6. The molecule has 9 rings (SSSR count). The van der Waals surface area contributed by atoms with Gasteiger partial charge in [-0.2, -0.15) is 0 Å². The van der Waals surface area contributed by atoms with Crippen LogP contribution in [-0.2, 0) is 0 Å². The Balaban J connectivity index is 1.12. The van der Waals surface area contributed by atoms with Gasteiger partial charge >= 0.3 is 0 Å². The van der Waals surface area contributed by atoms with E-state index >= 15 is 0 Å². The molecule has 1 saturated carbocycles. The number of fused-ring (bicyclic) bond motifs is 2. The maximum absolute atomic E-state index is 12.1. The molecule has 6 nitrogen and oxygen atoms in total. The summed E-state index contributed by atoms with van der Waals surface area (Å²) in [6.45, 7) is 6.13. The molecule has 0 aromatic heterocycles. The summed E-state index contributed by atoms with van der Waals surface area (Å²) in [6, 6.07) is 56.9.